The van der Waals surface area contributed by atoms with Gasteiger partial charge in [0.1, 0.15) is 6.61 Å². The van der Waals surface area contributed by atoms with Crippen molar-refractivity contribution in [3.63, 3.8) is 0 Å². The van der Waals surface area contributed by atoms with Gasteiger partial charge in [-0.3, -0.25) is 4.79 Å². The molecule has 0 unspecified atom stereocenters. The van der Waals surface area contributed by atoms with Gasteiger partial charge in [0.2, 0.25) is 0 Å². The lowest BCUT2D eigenvalue weighted by Gasteiger charge is -2.05. The molecular formula is C13H17FO2. The third-order valence-electron chi connectivity index (χ3n) is 2.23. The average molecular weight is 224 g/mol. The monoisotopic (exact) mass is 224 g/mol. The minimum Gasteiger partial charge on any atom is -0.461 e. The van der Waals surface area contributed by atoms with Gasteiger partial charge in [-0.2, -0.15) is 0 Å². The summed E-state index contributed by atoms with van der Waals surface area (Å²) in [6.07, 6.45) is 0.411. The molecule has 3 heteroatoms. The van der Waals surface area contributed by atoms with Crippen molar-refractivity contribution in [2.24, 2.45) is 0 Å². The van der Waals surface area contributed by atoms with Crippen LogP contribution in [-0.4, -0.2) is 12.1 Å². The normalized spacial score (nSPS) is 12.1. The molecule has 0 aliphatic carbocycles. The van der Waals surface area contributed by atoms with Crippen molar-refractivity contribution in [2.75, 3.05) is 0 Å². The molecule has 0 aliphatic rings. The molecule has 0 heterocycles. The van der Waals surface area contributed by atoms with Crippen LogP contribution in [0.1, 0.15) is 31.7 Å². The predicted molar refractivity (Wildman–Crippen MR) is 60.7 cm³/mol. The molecule has 0 radical (unpaired) electrons. The van der Waals surface area contributed by atoms with Crippen LogP contribution in [0.4, 0.5) is 4.39 Å². The maximum absolute atomic E-state index is 12.5. The number of hydrogen-bond donors (Lipinski definition) is 0. The number of hydrogen-bond acceptors (Lipinski definition) is 2. The summed E-state index contributed by atoms with van der Waals surface area (Å²) in [6.45, 7) is 1.79. The first kappa shape index (κ1) is 12.7. The fourth-order valence-electron chi connectivity index (χ4n) is 1.34. The van der Waals surface area contributed by atoms with E-state index in [1.807, 2.05) is 30.3 Å². The fraction of sp³-hybridized carbons (Fsp3) is 0.462. The molecule has 88 valence electrons. The number of carbonyl (C=O) groups excluding carboxylic acids is 1. The van der Waals surface area contributed by atoms with E-state index in [2.05, 4.69) is 0 Å². The summed E-state index contributed by atoms with van der Waals surface area (Å²) >= 11 is 0. The van der Waals surface area contributed by atoms with Gasteiger partial charge in [-0.25, -0.2) is 4.39 Å². The van der Waals surface area contributed by atoms with Crippen molar-refractivity contribution in [3.05, 3.63) is 35.9 Å². The van der Waals surface area contributed by atoms with E-state index in [0.29, 0.717) is 25.9 Å². The molecule has 0 aliphatic heterocycles. The van der Waals surface area contributed by atoms with Gasteiger partial charge in [-0.05, 0) is 25.3 Å². The number of alkyl halides is 1. The Morgan fingerprint density at radius 3 is 2.69 bits per heavy atom. The highest BCUT2D eigenvalue weighted by molar-refractivity contribution is 5.69. The summed E-state index contributed by atoms with van der Waals surface area (Å²) in [5.74, 6) is -0.260. The van der Waals surface area contributed by atoms with Gasteiger partial charge in [0.05, 0.1) is 6.17 Å². The minimum atomic E-state index is -0.845. The van der Waals surface area contributed by atoms with Crippen LogP contribution in [0.25, 0.3) is 0 Å². The zero-order valence-corrected chi connectivity index (χ0v) is 9.49. The second-order valence-electron chi connectivity index (χ2n) is 3.82. The molecule has 0 saturated heterocycles. The molecule has 1 atom stereocenters. The molecule has 1 rings (SSSR count). The van der Waals surface area contributed by atoms with Crippen LogP contribution in [0.2, 0.25) is 0 Å². The van der Waals surface area contributed by atoms with Gasteiger partial charge >= 0.3 is 5.97 Å². The number of ether oxygens (including phenoxy) is 1. The van der Waals surface area contributed by atoms with Crippen LogP contribution in [-0.2, 0) is 16.1 Å². The molecule has 0 fully saturated rings. The SMILES string of the molecule is C[C@H](F)CCCC(=O)OCc1ccccc1. The maximum atomic E-state index is 12.5. The third kappa shape index (κ3) is 5.49. The number of carbonyl (C=O) groups is 1. The Morgan fingerprint density at radius 1 is 1.38 bits per heavy atom. The largest absolute Gasteiger partial charge is 0.461 e. The van der Waals surface area contributed by atoms with Gasteiger partial charge in [-0.15, -0.1) is 0 Å². The topological polar surface area (TPSA) is 26.3 Å². The lowest BCUT2D eigenvalue weighted by atomic mass is 10.2. The number of benzene rings is 1. The minimum absolute atomic E-state index is 0.260. The smallest absolute Gasteiger partial charge is 0.306 e. The van der Waals surface area contributed by atoms with Gasteiger partial charge in [-0.1, -0.05) is 30.3 Å². The molecule has 0 saturated carbocycles. The van der Waals surface area contributed by atoms with Crippen molar-refractivity contribution in [3.8, 4) is 0 Å². The van der Waals surface area contributed by atoms with Gasteiger partial charge in [0.25, 0.3) is 0 Å². The molecule has 0 spiro atoms. The maximum Gasteiger partial charge on any atom is 0.306 e. The number of esters is 1. The van der Waals surface area contributed by atoms with Crippen molar-refractivity contribution in [1.82, 2.24) is 0 Å². The summed E-state index contributed by atoms with van der Waals surface area (Å²) in [5.41, 5.74) is 0.967. The molecule has 0 amide bonds. The molecule has 1 aromatic rings. The van der Waals surface area contributed by atoms with Crippen LogP contribution in [0.15, 0.2) is 30.3 Å². The average Bonchev–Trinajstić information content (AvgIpc) is 2.27. The highest BCUT2D eigenvalue weighted by Crippen LogP contribution is 2.06. The van der Waals surface area contributed by atoms with Crippen molar-refractivity contribution >= 4 is 5.97 Å². The first-order valence-electron chi connectivity index (χ1n) is 5.52. The van der Waals surface area contributed by atoms with Crippen molar-refractivity contribution < 1.29 is 13.9 Å². The van der Waals surface area contributed by atoms with E-state index in [-0.39, 0.29) is 5.97 Å². The van der Waals surface area contributed by atoms with Gasteiger partial charge in [0.15, 0.2) is 0 Å². The highest BCUT2D eigenvalue weighted by Gasteiger charge is 2.05. The lowest BCUT2D eigenvalue weighted by Crippen LogP contribution is -2.05. The Kier molecular flexibility index (Phi) is 5.54. The second kappa shape index (κ2) is 6.99. The third-order valence-corrected chi connectivity index (χ3v) is 2.23. The van der Waals surface area contributed by atoms with E-state index in [0.717, 1.165) is 5.56 Å². The molecule has 0 bridgehead atoms. The first-order valence-corrected chi connectivity index (χ1v) is 5.52. The summed E-state index contributed by atoms with van der Waals surface area (Å²) in [7, 11) is 0. The van der Waals surface area contributed by atoms with Gasteiger partial charge < -0.3 is 4.74 Å². The number of halogens is 1. The van der Waals surface area contributed by atoms with E-state index in [1.54, 1.807) is 0 Å². The van der Waals surface area contributed by atoms with Crippen molar-refractivity contribution in [2.45, 2.75) is 39.0 Å². The molecular weight excluding hydrogens is 207 g/mol. The second-order valence-corrected chi connectivity index (χ2v) is 3.82. The van der Waals surface area contributed by atoms with E-state index >= 15 is 0 Å². The number of rotatable bonds is 6. The van der Waals surface area contributed by atoms with Crippen LogP contribution in [0, 0.1) is 0 Å². The Hall–Kier alpha value is -1.38. The Bertz CT molecular complexity index is 309. The highest BCUT2D eigenvalue weighted by atomic mass is 19.1. The summed E-state index contributed by atoms with van der Waals surface area (Å²) in [4.78, 5) is 11.3. The van der Waals surface area contributed by atoms with E-state index in [9.17, 15) is 9.18 Å². The predicted octanol–water partition coefficient (Wildman–Crippen LogP) is 3.26. The molecule has 1 aromatic carbocycles. The van der Waals surface area contributed by atoms with E-state index in [1.165, 1.54) is 6.92 Å². The summed E-state index contributed by atoms with van der Waals surface area (Å²) < 4.78 is 17.5. The van der Waals surface area contributed by atoms with Gasteiger partial charge in [0, 0.05) is 6.42 Å². The fourth-order valence-corrected chi connectivity index (χ4v) is 1.34. The zero-order valence-electron chi connectivity index (χ0n) is 9.49. The first-order chi connectivity index (χ1) is 7.68. The Balaban J connectivity index is 2.16. The Labute approximate surface area is 95.4 Å². The zero-order chi connectivity index (χ0) is 11.8. The van der Waals surface area contributed by atoms with Crippen LogP contribution in [0.3, 0.4) is 0 Å². The quantitative estimate of drug-likeness (QED) is 0.693. The summed E-state index contributed by atoms with van der Waals surface area (Å²) in [5, 5.41) is 0. The molecule has 16 heavy (non-hydrogen) atoms. The molecule has 2 nitrogen and oxygen atoms in total. The molecule has 0 N–H and O–H groups in total. The Morgan fingerprint density at radius 2 is 2.06 bits per heavy atom. The van der Waals surface area contributed by atoms with Crippen LogP contribution in [0.5, 0.6) is 0 Å². The van der Waals surface area contributed by atoms with Crippen molar-refractivity contribution in [1.29, 1.82) is 0 Å². The van der Waals surface area contributed by atoms with E-state index < -0.39 is 6.17 Å². The lowest BCUT2D eigenvalue weighted by molar-refractivity contribution is -0.145. The van der Waals surface area contributed by atoms with Crippen LogP contribution >= 0.6 is 0 Å². The van der Waals surface area contributed by atoms with Crippen LogP contribution < -0.4 is 0 Å². The van der Waals surface area contributed by atoms with E-state index in [4.69, 9.17) is 4.74 Å². The standard InChI is InChI=1S/C13H17FO2/c1-11(14)6-5-9-13(15)16-10-12-7-3-2-4-8-12/h2-4,7-8,11H,5-6,9-10H2,1H3/t11-/m0/s1. The molecule has 0 aromatic heterocycles. The summed E-state index contributed by atoms with van der Waals surface area (Å²) in [6, 6.07) is 9.50.